The van der Waals surface area contributed by atoms with E-state index < -0.39 is 11.9 Å². The molecule has 1 N–H and O–H groups in total. The van der Waals surface area contributed by atoms with Gasteiger partial charge in [-0.3, -0.25) is 0 Å². The van der Waals surface area contributed by atoms with Gasteiger partial charge in [0.25, 0.3) is 0 Å². The summed E-state index contributed by atoms with van der Waals surface area (Å²) in [5.74, 6) is -1.08. The van der Waals surface area contributed by atoms with Gasteiger partial charge in [-0.25, -0.2) is 19.6 Å². The second kappa shape index (κ2) is 12.5. The summed E-state index contributed by atoms with van der Waals surface area (Å²) in [6.45, 7) is 0.0349. The number of aromatic amines is 1. The molecular weight excluding hydrogens is 605 g/mol. The highest BCUT2D eigenvalue weighted by molar-refractivity contribution is 7.12. The minimum absolute atomic E-state index is 0.0349. The van der Waals surface area contributed by atoms with E-state index in [1.807, 2.05) is 65.5 Å². The minimum atomic E-state index is -0.539. The van der Waals surface area contributed by atoms with Gasteiger partial charge in [0.05, 0.1) is 19.7 Å². The predicted molar refractivity (Wildman–Crippen MR) is 167 cm³/mol. The van der Waals surface area contributed by atoms with E-state index in [4.69, 9.17) is 19.1 Å². The summed E-state index contributed by atoms with van der Waals surface area (Å²) in [4.78, 5) is 47.4. The molecule has 0 aliphatic heterocycles. The van der Waals surface area contributed by atoms with Gasteiger partial charge in [-0.15, -0.1) is 22.7 Å². The fraction of sp³-hybridized carbons (Fsp3) is 0.133. The van der Waals surface area contributed by atoms with Crippen LogP contribution in [0, 0.1) is 0 Å². The van der Waals surface area contributed by atoms with Crippen LogP contribution in [0.4, 0.5) is 0 Å². The smallest absolute Gasteiger partial charge is 0.357 e. The number of thiazole rings is 2. The average Bonchev–Trinajstić information content (AvgIpc) is 3.87. The van der Waals surface area contributed by atoms with E-state index in [9.17, 15) is 9.59 Å². The van der Waals surface area contributed by atoms with Gasteiger partial charge in [0.1, 0.15) is 28.5 Å². The first kappa shape index (κ1) is 28.8. The van der Waals surface area contributed by atoms with Crippen molar-refractivity contribution in [1.82, 2.24) is 19.5 Å². The van der Waals surface area contributed by atoms with Crippen LogP contribution in [0.25, 0.3) is 21.8 Å². The number of esters is 2. The molecule has 14 heteroatoms. The molecule has 44 heavy (non-hydrogen) atoms. The topological polar surface area (TPSA) is 142 Å². The zero-order chi connectivity index (χ0) is 30.6. The van der Waals surface area contributed by atoms with Gasteiger partial charge in [-0.1, -0.05) is 46.7 Å². The van der Waals surface area contributed by atoms with Crippen LogP contribution in [0.5, 0.6) is 0 Å². The summed E-state index contributed by atoms with van der Waals surface area (Å²) in [5, 5.41) is 14.8. The van der Waals surface area contributed by atoms with Crippen molar-refractivity contribution in [3.05, 3.63) is 104 Å². The number of ether oxygens (including phenoxy) is 2. The minimum Gasteiger partial charge on any atom is -0.464 e. The summed E-state index contributed by atoms with van der Waals surface area (Å²) in [5.41, 5.74) is 4.53. The molecule has 0 amide bonds. The van der Waals surface area contributed by atoms with Crippen molar-refractivity contribution < 1.29 is 28.7 Å². The van der Waals surface area contributed by atoms with E-state index >= 15 is 0 Å². The molecule has 6 rings (SSSR count). The van der Waals surface area contributed by atoms with Gasteiger partial charge in [-0.05, 0) is 12.1 Å². The first-order valence-electron chi connectivity index (χ1n) is 13.1. The highest BCUT2D eigenvalue weighted by Crippen LogP contribution is 2.27. The Kier molecular flexibility index (Phi) is 8.16. The monoisotopic (exact) mass is 628 g/mol. The van der Waals surface area contributed by atoms with Gasteiger partial charge in [0.15, 0.2) is 18.1 Å². The number of oxime groups is 2. The van der Waals surface area contributed by atoms with Crippen LogP contribution in [-0.2, 0) is 25.9 Å². The number of H-pyrrole nitrogens is 1. The van der Waals surface area contributed by atoms with Crippen LogP contribution in [0.1, 0.15) is 42.1 Å². The lowest BCUT2D eigenvalue weighted by molar-refractivity contribution is 0.0586. The number of para-hydroxylation sites is 2. The number of fused-ring (bicyclic) bond motifs is 2. The van der Waals surface area contributed by atoms with Gasteiger partial charge in [0, 0.05) is 50.6 Å². The summed E-state index contributed by atoms with van der Waals surface area (Å²) < 4.78 is 11.5. The Morgan fingerprint density at radius 2 is 1.43 bits per heavy atom. The molecule has 0 aliphatic rings. The van der Waals surface area contributed by atoms with Crippen molar-refractivity contribution in [2.24, 2.45) is 10.3 Å². The Bertz CT molecular complexity index is 2050. The van der Waals surface area contributed by atoms with Crippen LogP contribution in [0.15, 0.2) is 82.0 Å². The largest absolute Gasteiger partial charge is 0.464 e. The second-order valence-electron chi connectivity index (χ2n) is 9.16. The summed E-state index contributed by atoms with van der Waals surface area (Å²) in [7, 11) is 4.06. The fourth-order valence-electron chi connectivity index (χ4n) is 4.63. The molecule has 12 nitrogen and oxygen atoms in total. The van der Waals surface area contributed by atoms with Gasteiger partial charge in [-0.2, -0.15) is 0 Å². The normalized spacial score (nSPS) is 12.1. The maximum Gasteiger partial charge on any atom is 0.357 e. The number of carbonyl (C=O) groups excluding carboxylic acids is 2. The number of hydrogen-bond donors (Lipinski definition) is 1. The van der Waals surface area contributed by atoms with Crippen LogP contribution < -0.4 is 0 Å². The number of aromatic nitrogens is 4. The fourth-order valence-corrected chi connectivity index (χ4v) is 6.19. The van der Waals surface area contributed by atoms with Crippen molar-refractivity contribution in [3.63, 3.8) is 0 Å². The molecule has 0 unspecified atom stereocenters. The first-order chi connectivity index (χ1) is 21.5. The molecule has 2 aromatic carbocycles. The summed E-state index contributed by atoms with van der Waals surface area (Å²) in [6.07, 6.45) is 3.70. The number of carbonyl (C=O) groups is 2. The molecule has 0 saturated carbocycles. The maximum absolute atomic E-state index is 12.1. The second-order valence-corrected chi connectivity index (χ2v) is 10.9. The van der Waals surface area contributed by atoms with Crippen molar-refractivity contribution in [3.8, 4) is 0 Å². The highest BCUT2D eigenvalue weighted by Gasteiger charge is 2.22. The zero-order valence-corrected chi connectivity index (χ0v) is 25.3. The maximum atomic E-state index is 12.1. The predicted octanol–water partition coefficient (Wildman–Crippen LogP) is 5.43. The third-order valence-corrected chi connectivity index (χ3v) is 8.32. The van der Waals surface area contributed by atoms with E-state index in [1.54, 1.807) is 10.8 Å². The lowest BCUT2D eigenvalue weighted by atomic mass is 10.1. The third kappa shape index (κ3) is 5.43. The molecule has 222 valence electrons. The van der Waals surface area contributed by atoms with Crippen molar-refractivity contribution in [2.45, 2.75) is 6.73 Å². The molecule has 6 aromatic rings. The van der Waals surface area contributed by atoms with Crippen molar-refractivity contribution in [1.29, 1.82) is 0 Å². The van der Waals surface area contributed by atoms with E-state index in [0.29, 0.717) is 21.4 Å². The zero-order valence-electron chi connectivity index (χ0n) is 23.6. The molecule has 0 radical (unpaired) electrons. The molecule has 4 heterocycles. The van der Waals surface area contributed by atoms with E-state index in [1.165, 1.54) is 44.0 Å². The number of nitrogens with one attached hydrogen (secondary N) is 1. The quantitative estimate of drug-likeness (QED) is 0.120. The number of hydrogen-bond acceptors (Lipinski definition) is 12. The molecule has 0 fully saturated rings. The van der Waals surface area contributed by atoms with Crippen LogP contribution in [0.3, 0.4) is 0 Å². The number of nitrogens with zero attached hydrogens (tertiary/aromatic N) is 5. The Balaban J connectivity index is 1.37. The lowest BCUT2D eigenvalue weighted by Crippen LogP contribution is -2.08. The Hall–Kier alpha value is -5.34. The van der Waals surface area contributed by atoms with Crippen LogP contribution in [0.2, 0.25) is 0 Å². The Morgan fingerprint density at radius 1 is 0.818 bits per heavy atom. The highest BCUT2D eigenvalue weighted by atomic mass is 32.1. The van der Waals surface area contributed by atoms with Gasteiger partial charge < -0.3 is 28.7 Å². The average molecular weight is 629 g/mol. The molecule has 0 bridgehead atoms. The van der Waals surface area contributed by atoms with Gasteiger partial charge >= 0.3 is 11.9 Å². The lowest BCUT2D eigenvalue weighted by Gasteiger charge is -2.06. The van der Waals surface area contributed by atoms with Gasteiger partial charge in [0.2, 0.25) is 0 Å². The third-order valence-electron chi connectivity index (χ3n) is 6.63. The molecule has 0 aliphatic carbocycles. The first-order valence-corrected chi connectivity index (χ1v) is 14.8. The standard InChI is InChI=1S/C30H24N6O6S2/c1-39-29(37)22-14-43-27(32-22)25(19-12-31-21-10-6-4-8-17(19)21)35-42-16-36-13-20(18-9-5-7-11-24(18)36)26(34-41-3)28-33-23(15-44-28)30(38)40-2/h4-15,31H,16H2,1-3H3/b34-26+,35-25-. The van der Waals surface area contributed by atoms with Crippen LogP contribution in [-0.4, -0.2) is 64.2 Å². The van der Waals surface area contributed by atoms with Crippen LogP contribution >= 0.6 is 22.7 Å². The number of methoxy groups -OCH3 is 2. The van der Waals surface area contributed by atoms with Crippen molar-refractivity contribution >= 4 is 67.8 Å². The SMILES string of the molecule is CO/N=C(/c1nc(C(=O)OC)cs1)c1cn(CO/N=C(\c2nc(C(=O)OC)cs2)c2c[nH]c3ccccc23)c2ccccc12. The molecular formula is C30H24N6O6S2. The van der Waals surface area contributed by atoms with E-state index in [2.05, 4.69) is 25.3 Å². The molecule has 4 aromatic heterocycles. The number of rotatable bonds is 10. The van der Waals surface area contributed by atoms with Crippen molar-refractivity contribution in [2.75, 3.05) is 21.3 Å². The van der Waals surface area contributed by atoms with E-state index in [0.717, 1.165) is 32.9 Å². The summed E-state index contributed by atoms with van der Waals surface area (Å²) >= 11 is 2.51. The number of benzene rings is 2. The molecule has 0 spiro atoms. The Morgan fingerprint density at radius 3 is 2.09 bits per heavy atom. The Labute approximate surface area is 258 Å². The molecule has 0 atom stereocenters. The summed E-state index contributed by atoms with van der Waals surface area (Å²) in [6, 6.07) is 15.5. The van der Waals surface area contributed by atoms with E-state index in [-0.39, 0.29) is 18.1 Å². The molecule has 0 saturated heterocycles.